The lowest BCUT2D eigenvalue weighted by Crippen LogP contribution is -2.17. The van der Waals surface area contributed by atoms with Crippen molar-refractivity contribution in [2.24, 2.45) is 0 Å². The Hall–Kier alpha value is -2.16. The van der Waals surface area contributed by atoms with Crippen LogP contribution in [0.4, 0.5) is 5.69 Å². The predicted molar refractivity (Wildman–Crippen MR) is 80.7 cm³/mol. The molecule has 0 radical (unpaired) electrons. The van der Waals surface area contributed by atoms with Crippen LogP contribution >= 0.6 is 0 Å². The number of rotatable bonds is 0. The van der Waals surface area contributed by atoms with Crippen molar-refractivity contribution in [2.45, 2.75) is 12.8 Å². The zero-order valence-corrected chi connectivity index (χ0v) is 11.5. The Kier molecular flexibility index (Phi) is 4.07. The van der Waals surface area contributed by atoms with E-state index < -0.39 is 0 Å². The number of para-hydroxylation sites is 3. The monoisotopic (exact) mass is 269 g/mol. The maximum absolute atomic E-state index is 5.42. The zero-order valence-electron chi connectivity index (χ0n) is 11.5. The van der Waals surface area contributed by atoms with Crippen molar-refractivity contribution in [1.29, 1.82) is 0 Å². The number of hydrogen-bond donors (Lipinski definition) is 1. The number of benzene rings is 2. The third-order valence-corrected chi connectivity index (χ3v) is 3.38. The van der Waals surface area contributed by atoms with Gasteiger partial charge in [-0.15, -0.1) is 0 Å². The highest BCUT2D eigenvalue weighted by Crippen LogP contribution is 2.25. The summed E-state index contributed by atoms with van der Waals surface area (Å²) in [7, 11) is 0. The molecule has 2 aromatic carbocycles. The van der Waals surface area contributed by atoms with Crippen LogP contribution < -0.4 is 14.8 Å². The van der Waals surface area contributed by atoms with Crippen LogP contribution in [0.2, 0.25) is 0 Å². The molecular weight excluding hydrogens is 250 g/mol. The maximum Gasteiger partial charge on any atom is 0.142 e. The van der Waals surface area contributed by atoms with Crippen LogP contribution in [0, 0.1) is 0 Å². The fourth-order valence-corrected chi connectivity index (χ4v) is 2.38. The van der Waals surface area contributed by atoms with Gasteiger partial charge in [0.2, 0.25) is 0 Å². The number of ether oxygens (including phenoxy) is 2. The molecule has 1 N–H and O–H groups in total. The van der Waals surface area contributed by atoms with E-state index in [9.17, 15) is 0 Å². The topological polar surface area (TPSA) is 30.5 Å². The van der Waals surface area contributed by atoms with E-state index in [0.29, 0.717) is 0 Å². The average molecular weight is 269 g/mol. The Bertz CT molecular complexity index is 467. The number of hydrogen-bond acceptors (Lipinski definition) is 3. The first-order valence-corrected chi connectivity index (χ1v) is 7.10. The van der Waals surface area contributed by atoms with E-state index in [4.69, 9.17) is 9.47 Å². The molecule has 2 aromatic rings. The lowest BCUT2D eigenvalue weighted by atomic mass is 10.1. The fourth-order valence-electron chi connectivity index (χ4n) is 2.38. The summed E-state index contributed by atoms with van der Waals surface area (Å²) in [6.07, 6.45) is 2.34. The number of fused-ring (bicyclic) bond motifs is 2. The quantitative estimate of drug-likeness (QED) is 0.794. The highest BCUT2D eigenvalue weighted by molar-refractivity contribution is 5.57. The summed E-state index contributed by atoms with van der Waals surface area (Å²) in [5.74, 6) is 2.04. The molecule has 0 saturated carbocycles. The molecule has 3 heteroatoms. The number of anilines is 1. The van der Waals surface area contributed by atoms with Gasteiger partial charge in [-0.25, -0.2) is 0 Å². The highest BCUT2D eigenvalue weighted by Gasteiger charge is 2.07. The van der Waals surface area contributed by atoms with Crippen molar-refractivity contribution in [1.82, 2.24) is 0 Å². The van der Waals surface area contributed by atoms with Crippen molar-refractivity contribution < 1.29 is 9.47 Å². The summed E-state index contributed by atoms with van der Waals surface area (Å²) in [6.45, 7) is 2.57. The Morgan fingerprint density at radius 2 is 1.55 bits per heavy atom. The van der Waals surface area contributed by atoms with E-state index in [-0.39, 0.29) is 0 Å². The highest BCUT2D eigenvalue weighted by atomic mass is 16.5. The largest absolute Gasteiger partial charge is 0.493 e. The summed E-state index contributed by atoms with van der Waals surface area (Å²) >= 11 is 0. The molecule has 0 saturated heterocycles. The minimum atomic E-state index is 0.775. The Balaban J connectivity index is 0.000000121. The molecular formula is C17H19NO2. The van der Waals surface area contributed by atoms with Gasteiger partial charge in [0, 0.05) is 6.54 Å². The SMILES string of the molecule is c1ccc2c(c1)CCCO2.c1ccc2c(c1)NCCO2. The molecule has 104 valence electrons. The van der Waals surface area contributed by atoms with E-state index in [2.05, 4.69) is 17.4 Å². The second-order valence-electron chi connectivity index (χ2n) is 4.83. The summed E-state index contributed by atoms with van der Waals surface area (Å²) in [4.78, 5) is 0. The van der Waals surface area contributed by atoms with Crippen LogP contribution in [0.3, 0.4) is 0 Å². The molecule has 3 nitrogen and oxygen atoms in total. The molecule has 0 spiro atoms. The minimum absolute atomic E-state index is 0.775. The molecule has 4 rings (SSSR count). The van der Waals surface area contributed by atoms with Crippen molar-refractivity contribution in [3.05, 3.63) is 54.1 Å². The van der Waals surface area contributed by atoms with Gasteiger partial charge in [0.05, 0.1) is 12.3 Å². The van der Waals surface area contributed by atoms with Crippen LogP contribution in [-0.4, -0.2) is 19.8 Å². The van der Waals surface area contributed by atoms with Crippen molar-refractivity contribution >= 4 is 5.69 Å². The lowest BCUT2D eigenvalue weighted by molar-refractivity contribution is 0.288. The molecule has 0 bridgehead atoms. The van der Waals surface area contributed by atoms with Gasteiger partial charge in [-0.1, -0.05) is 30.3 Å². The number of nitrogens with one attached hydrogen (secondary N) is 1. The molecule has 0 amide bonds. The summed E-state index contributed by atoms with van der Waals surface area (Å²) < 4.78 is 10.8. The van der Waals surface area contributed by atoms with Gasteiger partial charge in [-0.05, 0) is 36.6 Å². The Morgan fingerprint density at radius 1 is 0.800 bits per heavy atom. The molecule has 0 atom stereocenters. The molecule has 2 heterocycles. The van der Waals surface area contributed by atoms with Gasteiger partial charge in [-0.3, -0.25) is 0 Å². The molecule has 2 aliphatic heterocycles. The van der Waals surface area contributed by atoms with Gasteiger partial charge in [-0.2, -0.15) is 0 Å². The Labute approximate surface area is 119 Å². The van der Waals surface area contributed by atoms with Crippen LogP contribution in [0.5, 0.6) is 11.5 Å². The molecule has 0 aliphatic carbocycles. The van der Waals surface area contributed by atoms with E-state index in [0.717, 1.165) is 43.4 Å². The van der Waals surface area contributed by atoms with Crippen LogP contribution in [-0.2, 0) is 6.42 Å². The zero-order chi connectivity index (χ0) is 13.6. The summed E-state index contributed by atoms with van der Waals surface area (Å²) in [5.41, 5.74) is 2.46. The van der Waals surface area contributed by atoms with E-state index in [1.807, 2.05) is 36.4 Å². The predicted octanol–water partition coefficient (Wildman–Crippen LogP) is 3.50. The van der Waals surface area contributed by atoms with Crippen molar-refractivity contribution in [2.75, 3.05) is 25.1 Å². The first-order chi connectivity index (χ1) is 9.93. The first kappa shape index (κ1) is 12.9. The standard InChI is InChI=1S/C9H10O.C8H9NO/c1-2-6-9-8(4-1)5-3-7-10-9;1-2-4-8-7(3-1)9-5-6-10-8/h1-2,4,6H,3,5,7H2;1-4,9H,5-6H2. The van der Waals surface area contributed by atoms with E-state index in [1.54, 1.807) is 0 Å². The lowest BCUT2D eigenvalue weighted by Gasteiger charge is -2.17. The number of aryl methyl sites for hydroxylation is 1. The first-order valence-electron chi connectivity index (χ1n) is 7.10. The van der Waals surface area contributed by atoms with E-state index in [1.165, 1.54) is 12.0 Å². The van der Waals surface area contributed by atoms with Crippen LogP contribution in [0.1, 0.15) is 12.0 Å². The normalized spacial score (nSPS) is 15.2. The van der Waals surface area contributed by atoms with Gasteiger partial charge >= 0.3 is 0 Å². The molecule has 0 aromatic heterocycles. The molecule has 2 aliphatic rings. The maximum atomic E-state index is 5.42. The van der Waals surface area contributed by atoms with Gasteiger partial charge in [0.25, 0.3) is 0 Å². The molecule has 20 heavy (non-hydrogen) atoms. The Morgan fingerprint density at radius 3 is 2.40 bits per heavy atom. The van der Waals surface area contributed by atoms with Crippen LogP contribution in [0.25, 0.3) is 0 Å². The van der Waals surface area contributed by atoms with Gasteiger partial charge in [0.15, 0.2) is 0 Å². The minimum Gasteiger partial charge on any atom is -0.493 e. The van der Waals surface area contributed by atoms with Gasteiger partial charge in [0.1, 0.15) is 18.1 Å². The second kappa shape index (κ2) is 6.33. The average Bonchev–Trinajstić information content (AvgIpc) is 2.56. The van der Waals surface area contributed by atoms with Gasteiger partial charge < -0.3 is 14.8 Å². The third kappa shape index (κ3) is 3.05. The molecule has 0 unspecified atom stereocenters. The summed E-state index contributed by atoms with van der Waals surface area (Å²) in [5, 5.41) is 3.24. The van der Waals surface area contributed by atoms with Crippen LogP contribution in [0.15, 0.2) is 48.5 Å². The van der Waals surface area contributed by atoms with Crippen molar-refractivity contribution in [3.63, 3.8) is 0 Å². The second-order valence-corrected chi connectivity index (χ2v) is 4.83. The molecule has 0 fully saturated rings. The van der Waals surface area contributed by atoms with Crippen molar-refractivity contribution in [3.8, 4) is 11.5 Å². The van der Waals surface area contributed by atoms with E-state index >= 15 is 0 Å². The fraction of sp³-hybridized carbons (Fsp3) is 0.294. The smallest absolute Gasteiger partial charge is 0.142 e. The summed E-state index contributed by atoms with van der Waals surface area (Å²) in [6, 6.07) is 16.2. The third-order valence-electron chi connectivity index (χ3n) is 3.38.